The average Bonchev–Trinajstić information content (AvgIpc) is 2.50. The molecule has 0 saturated carbocycles. The van der Waals surface area contributed by atoms with Crippen molar-refractivity contribution in [3.63, 3.8) is 0 Å². The molecule has 0 aliphatic carbocycles. The Labute approximate surface area is 77.7 Å². The summed E-state index contributed by atoms with van der Waals surface area (Å²) < 4.78 is 0. The fraction of sp³-hybridized carbons (Fsp3) is 0.889. The van der Waals surface area contributed by atoms with E-state index in [4.69, 9.17) is 5.11 Å². The molecule has 2 saturated heterocycles. The molecule has 74 valence electrons. The van der Waals surface area contributed by atoms with E-state index in [-0.39, 0.29) is 11.3 Å². The molecule has 2 fully saturated rings. The zero-order valence-corrected chi connectivity index (χ0v) is 7.68. The normalized spacial score (nSPS) is 39.5. The van der Waals surface area contributed by atoms with Gasteiger partial charge in [-0.25, -0.2) is 0 Å². The molecule has 2 unspecified atom stereocenters. The number of carboxylic acids is 1. The second-order valence-corrected chi connectivity index (χ2v) is 4.16. The third-order valence-electron chi connectivity index (χ3n) is 3.37. The summed E-state index contributed by atoms with van der Waals surface area (Å²) in [5, 5.41) is 15.6. The Morgan fingerprint density at radius 3 is 2.77 bits per heavy atom. The van der Waals surface area contributed by atoms with Crippen LogP contribution in [0.2, 0.25) is 0 Å². The van der Waals surface area contributed by atoms with Crippen LogP contribution in [0.3, 0.4) is 0 Å². The van der Waals surface area contributed by atoms with Crippen molar-refractivity contribution >= 4 is 5.97 Å². The van der Waals surface area contributed by atoms with E-state index < -0.39 is 5.97 Å². The van der Waals surface area contributed by atoms with Gasteiger partial charge >= 0.3 is 5.97 Å². The van der Waals surface area contributed by atoms with Crippen LogP contribution in [-0.4, -0.2) is 37.3 Å². The number of rotatable bonds is 1. The molecule has 0 aromatic heterocycles. The molecule has 0 bridgehead atoms. The van der Waals surface area contributed by atoms with E-state index in [0.717, 1.165) is 32.5 Å². The summed E-state index contributed by atoms with van der Waals surface area (Å²) in [7, 11) is 0. The highest BCUT2D eigenvalue weighted by atomic mass is 16.4. The molecule has 4 nitrogen and oxygen atoms in total. The molecule has 0 amide bonds. The van der Waals surface area contributed by atoms with Gasteiger partial charge in [0.25, 0.3) is 0 Å². The third-order valence-corrected chi connectivity index (χ3v) is 3.37. The van der Waals surface area contributed by atoms with Crippen LogP contribution in [-0.2, 0) is 4.79 Å². The minimum atomic E-state index is -0.645. The first-order valence-corrected chi connectivity index (χ1v) is 4.89. The van der Waals surface area contributed by atoms with Gasteiger partial charge in [-0.2, -0.15) is 0 Å². The van der Waals surface area contributed by atoms with Crippen LogP contribution in [0.4, 0.5) is 0 Å². The van der Waals surface area contributed by atoms with Crippen molar-refractivity contribution in [1.82, 2.24) is 10.6 Å². The number of hydrogen-bond donors (Lipinski definition) is 3. The molecule has 0 aromatic rings. The second-order valence-electron chi connectivity index (χ2n) is 4.16. The highest BCUT2D eigenvalue weighted by Gasteiger charge is 2.47. The van der Waals surface area contributed by atoms with Crippen LogP contribution < -0.4 is 10.6 Å². The van der Waals surface area contributed by atoms with Gasteiger partial charge < -0.3 is 15.7 Å². The van der Waals surface area contributed by atoms with Gasteiger partial charge in [-0.05, 0) is 19.4 Å². The van der Waals surface area contributed by atoms with Gasteiger partial charge in [-0.15, -0.1) is 0 Å². The Bertz CT molecular complexity index is 212. The number of aliphatic carboxylic acids is 1. The molecular formula is C9H16N2O2. The molecule has 0 radical (unpaired) electrons. The lowest BCUT2D eigenvalue weighted by Crippen LogP contribution is -2.47. The second kappa shape index (κ2) is 3.27. The zero-order chi connectivity index (χ0) is 9.31. The van der Waals surface area contributed by atoms with E-state index in [1.807, 2.05) is 0 Å². The molecule has 2 atom stereocenters. The minimum Gasteiger partial charge on any atom is -0.481 e. The van der Waals surface area contributed by atoms with Gasteiger partial charge in [0, 0.05) is 25.0 Å². The molecule has 13 heavy (non-hydrogen) atoms. The van der Waals surface area contributed by atoms with Crippen molar-refractivity contribution in [1.29, 1.82) is 0 Å². The number of carbonyl (C=O) groups is 1. The van der Waals surface area contributed by atoms with Gasteiger partial charge in [0.1, 0.15) is 0 Å². The summed E-state index contributed by atoms with van der Waals surface area (Å²) >= 11 is 0. The van der Waals surface area contributed by atoms with Gasteiger partial charge in [0.2, 0.25) is 0 Å². The van der Waals surface area contributed by atoms with Crippen LogP contribution in [0.5, 0.6) is 0 Å². The predicted molar refractivity (Wildman–Crippen MR) is 48.5 cm³/mol. The Morgan fingerprint density at radius 2 is 2.15 bits per heavy atom. The Balaban J connectivity index is 2.13. The Hall–Kier alpha value is -0.610. The van der Waals surface area contributed by atoms with Crippen molar-refractivity contribution < 1.29 is 9.90 Å². The average molecular weight is 184 g/mol. The first-order chi connectivity index (χ1) is 6.25. The zero-order valence-electron chi connectivity index (χ0n) is 7.68. The van der Waals surface area contributed by atoms with Crippen molar-refractivity contribution in [2.75, 3.05) is 26.2 Å². The molecule has 2 heterocycles. The molecule has 0 aromatic carbocycles. The maximum Gasteiger partial charge on any atom is 0.308 e. The monoisotopic (exact) mass is 184 g/mol. The number of carboxylic acid groups (broad SMARTS) is 1. The standard InChI is InChI=1S/C9H16N2O2/c12-8(13)7-4-11-6-9(7)2-1-3-10-5-9/h7,10-11H,1-6H2,(H,12,13). The summed E-state index contributed by atoms with van der Waals surface area (Å²) in [6.07, 6.45) is 2.15. The molecule has 1 spiro atoms. The highest BCUT2D eigenvalue weighted by molar-refractivity contribution is 5.72. The van der Waals surface area contributed by atoms with Crippen molar-refractivity contribution in [3.05, 3.63) is 0 Å². The lowest BCUT2D eigenvalue weighted by molar-refractivity contribution is -0.145. The first-order valence-electron chi connectivity index (χ1n) is 4.89. The topological polar surface area (TPSA) is 61.4 Å². The van der Waals surface area contributed by atoms with E-state index in [1.54, 1.807) is 0 Å². The number of piperidine rings is 1. The van der Waals surface area contributed by atoms with E-state index in [9.17, 15) is 4.79 Å². The SMILES string of the molecule is O=C(O)C1CNCC12CCCNC2. The first kappa shape index (κ1) is 8.97. The van der Waals surface area contributed by atoms with Crippen LogP contribution in [0.15, 0.2) is 0 Å². The van der Waals surface area contributed by atoms with Crippen molar-refractivity contribution in [2.24, 2.45) is 11.3 Å². The van der Waals surface area contributed by atoms with E-state index >= 15 is 0 Å². The summed E-state index contributed by atoms with van der Waals surface area (Å²) in [5.41, 5.74) is -0.00984. The van der Waals surface area contributed by atoms with Crippen LogP contribution >= 0.6 is 0 Å². The summed E-state index contributed by atoms with van der Waals surface area (Å²) in [5.74, 6) is -0.839. The molecule has 2 aliphatic rings. The number of nitrogens with one attached hydrogen (secondary N) is 2. The van der Waals surface area contributed by atoms with Gasteiger partial charge in [0.05, 0.1) is 5.92 Å². The smallest absolute Gasteiger partial charge is 0.308 e. The largest absolute Gasteiger partial charge is 0.481 e. The molecule has 2 aliphatic heterocycles. The van der Waals surface area contributed by atoms with E-state index in [2.05, 4.69) is 10.6 Å². The predicted octanol–water partition coefficient (Wildman–Crippen LogP) is -0.340. The minimum absolute atomic E-state index is 0.00984. The van der Waals surface area contributed by atoms with Crippen LogP contribution in [0, 0.1) is 11.3 Å². The third kappa shape index (κ3) is 1.44. The van der Waals surface area contributed by atoms with Gasteiger partial charge in [-0.3, -0.25) is 4.79 Å². The molecular weight excluding hydrogens is 168 g/mol. The number of hydrogen-bond acceptors (Lipinski definition) is 3. The van der Waals surface area contributed by atoms with Crippen LogP contribution in [0.1, 0.15) is 12.8 Å². The van der Waals surface area contributed by atoms with E-state index in [1.165, 1.54) is 0 Å². The molecule has 2 rings (SSSR count). The fourth-order valence-corrected chi connectivity index (χ4v) is 2.59. The van der Waals surface area contributed by atoms with Gasteiger partial charge in [0.15, 0.2) is 0 Å². The fourth-order valence-electron chi connectivity index (χ4n) is 2.59. The van der Waals surface area contributed by atoms with E-state index in [0.29, 0.717) is 6.54 Å². The van der Waals surface area contributed by atoms with Gasteiger partial charge in [-0.1, -0.05) is 0 Å². The van der Waals surface area contributed by atoms with Crippen LogP contribution in [0.25, 0.3) is 0 Å². The lowest BCUT2D eigenvalue weighted by atomic mass is 9.73. The molecule has 3 N–H and O–H groups in total. The quantitative estimate of drug-likeness (QED) is 0.522. The lowest BCUT2D eigenvalue weighted by Gasteiger charge is -2.36. The molecule has 4 heteroatoms. The summed E-state index contributed by atoms with van der Waals surface area (Å²) in [6.45, 7) is 3.39. The maximum atomic E-state index is 11.0. The van der Waals surface area contributed by atoms with Crippen molar-refractivity contribution in [3.8, 4) is 0 Å². The Kier molecular flexibility index (Phi) is 2.26. The Morgan fingerprint density at radius 1 is 1.38 bits per heavy atom. The summed E-state index contributed by atoms with van der Waals surface area (Å²) in [6, 6.07) is 0. The maximum absolute atomic E-state index is 11.0. The van der Waals surface area contributed by atoms with Crippen molar-refractivity contribution in [2.45, 2.75) is 12.8 Å². The highest BCUT2D eigenvalue weighted by Crippen LogP contribution is 2.37. The summed E-state index contributed by atoms with van der Waals surface area (Å²) in [4.78, 5) is 11.0.